The molecule has 1 atom stereocenters. The fourth-order valence-corrected chi connectivity index (χ4v) is 1.82. The van der Waals surface area contributed by atoms with Gasteiger partial charge in [0.05, 0.1) is 12.0 Å². The highest BCUT2D eigenvalue weighted by Crippen LogP contribution is 2.16. The molecular weight excluding hydrogens is 210 g/mol. The van der Waals surface area contributed by atoms with Crippen LogP contribution in [0.2, 0.25) is 0 Å². The van der Waals surface area contributed by atoms with E-state index >= 15 is 0 Å². The Morgan fingerprint density at radius 1 is 1.29 bits per heavy atom. The Hall–Kier alpha value is -1.62. The van der Waals surface area contributed by atoms with E-state index < -0.39 is 0 Å². The number of nitrogens with zero attached hydrogens (tertiary/aromatic N) is 1. The second-order valence-electron chi connectivity index (χ2n) is 4.32. The lowest BCUT2D eigenvalue weighted by Crippen LogP contribution is -2.07. The summed E-state index contributed by atoms with van der Waals surface area (Å²) in [6, 6.07) is 11.5. The molecule has 1 aromatic rings. The summed E-state index contributed by atoms with van der Waals surface area (Å²) in [6.45, 7) is 2.14. The Balaban J connectivity index is 2.46. The molecular formula is C15H19NO. The van der Waals surface area contributed by atoms with Crippen molar-refractivity contribution in [2.45, 2.75) is 39.0 Å². The zero-order chi connectivity index (χ0) is 12.5. The van der Waals surface area contributed by atoms with E-state index in [9.17, 15) is 4.79 Å². The predicted octanol–water partition coefficient (Wildman–Crippen LogP) is 3.98. The SMILES string of the molecule is CCCCCC(C#N)CC(=O)c1ccccc1. The number of ketones is 1. The van der Waals surface area contributed by atoms with E-state index in [2.05, 4.69) is 13.0 Å². The maximum atomic E-state index is 11.9. The highest BCUT2D eigenvalue weighted by molar-refractivity contribution is 5.96. The van der Waals surface area contributed by atoms with Crippen LogP contribution in [0, 0.1) is 17.2 Å². The highest BCUT2D eigenvalue weighted by Gasteiger charge is 2.14. The average Bonchev–Trinajstić information content (AvgIpc) is 2.38. The van der Waals surface area contributed by atoms with Crippen molar-refractivity contribution in [1.29, 1.82) is 5.26 Å². The van der Waals surface area contributed by atoms with Crippen LogP contribution in [-0.2, 0) is 0 Å². The standard InChI is InChI=1S/C15H19NO/c1-2-3-5-8-13(12-16)11-15(17)14-9-6-4-7-10-14/h4,6-7,9-10,13H,2-3,5,8,11H2,1H3. The molecule has 17 heavy (non-hydrogen) atoms. The molecule has 1 rings (SSSR count). The van der Waals surface area contributed by atoms with Crippen molar-refractivity contribution in [2.24, 2.45) is 5.92 Å². The summed E-state index contributed by atoms with van der Waals surface area (Å²) in [5.41, 5.74) is 0.711. The molecule has 1 unspecified atom stereocenters. The van der Waals surface area contributed by atoms with Crippen LogP contribution in [0.25, 0.3) is 0 Å². The summed E-state index contributed by atoms with van der Waals surface area (Å²) in [7, 11) is 0. The van der Waals surface area contributed by atoms with Crippen molar-refractivity contribution in [1.82, 2.24) is 0 Å². The third-order valence-electron chi connectivity index (χ3n) is 2.87. The third kappa shape index (κ3) is 4.82. The van der Waals surface area contributed by atoms with Crippen molar-refractivity contribution in [3.05, 3.63) is 35.9 Å². The number of rotatable bonds is 7. The van der Waals surface area contributed by atoms with Crippen LogP contribution >= 0.6 is 0 Å². The first kappa shape index (κ1) is 13.4. The predicted molar refractivity (Wildman–Crippen MR) is 68.6 cm³/mol. The number of unbranched alkanes of at least 4 members (excludes halogenated alkanes) is 2. The first-order chi connectivity index (χ1) is 8.27. The summed E-state index contributed by atoms with van der Waals surface area (Å²) in [6.07, 6.45) is 4.51. The maximum absolute atomic E-state index is 11.9. The molecule has 0 fully saturated rings. The molecule has 1 aromatic carbocycles. The van der Waals surface area contributed by atoms with E-state index in [-0.39, 0.29) is 11.7 Å². The van der Waals surface area contributed by atoms with Gasteiger partial charge in [-0.25, -0.2) is 0 Å². The van der Waals surface area contributed by atoms with Gasteiger partial charge in [-0.3, -0.25) is 4.79 Å². The lowest BCUT2D eigenvalue weighted by atomic mass is 9.94. The Morgan fingerprint density at radius 2 is 2.00 bits per heavy atom. The van der Waals surface area contributed by atoms with Gasteiger partial charge in [-0.1, -0.05) is 56.5 Å². The van der Waals surface area contributed by atoms with Gasteiger partial charge in [-0.2, -0.15) is 5.26 Å². The summed E-state index contributed by atoms with van der Waals surface area (Å²) in [5.74, 6) is -0.0529. The quantitative estimate of drug-likeness (QED) is 0.524. The molecule has 0 heterocycles. The van der Waals surface area contributed by atoms with Gasteiger partial charge in [0.15, 0.2) is 5.78 Å². The van der Waals surface area contributed by atoms with Gasteiger partial charge in [0.25, 0.3) is 0 Å². The summed E-state index contributed by atoms with van der Waals surface area (Å²) >= 11 is 0. The third-order valence-corrected chi connectivity index (χ3v) is 2.87. The Bertz CT molecular complexity index is 378. The maximum Gasteiger partial charge on any atom is 0.164 e. The molecule has 0 saturated carbocycles. The number of nitriles is 1. The minimum atomic E-state index is -0.130. The molecule has 0 radical (unpaired) electrons. The molecule has 0 aliphatic rings. The minimum absolute atomic E-state index is 0.0775. The fourth-order valence-electron chi connectivity index (χ4n) is 1.82. The van der Waals surface area contributed by atoms with E-state index in [0.717, 1.165) is 25.7 Å². The van der Waals surface area contributed by atoms with Gasteiger partial charge in [0, 0.05) is 12.0 Å². The molecule has 0 amide bonds. The largest absolute Gasteiger partial charge is 0.294 e. The summed E-state index contributed by atoms with van der Waals surface area (Å²) < 4.78 is 0. The van der Waals surface area contributed by atoms with Crippen LogP contribution in [-0.4, -0.2) is 5.78 Å². The van der Waals surface area contributed by atoms with Gasteiger partial charge in [-0.05, 0) is 6.42 Å². The molecule has 0 aliphatic heterocycles. The van der Waals surface area contributed by atoms with Crippen molar-refractivity contribution in [3.63, 3.8) is 0 Å². The average molecular weight is 229 g/mol. The molecule has 0 aromatic heterocycles. The zero-order valence-corrected chi connectivity index (χ0v) is 10.4. The van der Waals surface area contributed by atoms with Crippen LogP contribution < -0.4 is 0 Å². The van der Waals surface area contributed by atoms with E-state index in [1.807, 2.05) is 30.3 Å². The monoisotopic (exact) mass is 229 g/mol. The molecule has 0 aliphatic carbocycles. The second-order valence-corrected chi connectivity index (χ2v) is 4.32. The van der Waals surface area contributed by atoms with Gasteiger partial charge in [0.1, 0.15) is 0 Å². The number of hydrogen-bond donors (Lipinski definition) is 0. The van der Waals surface area contributed by atoms with Crippen molar-refractivity contribution < 1.29 is 4.79 Å². The van der Waals surface area contributed by atoms with Crippen LogP contribution in [0.3, 0.4) is 0 Å². The number of carbonyl (C=O) groups is 1. The first-order valence-corrected chi connectivity index (χ1v) is 6.25. The second kappa shape index (κ2) is 7.62. The highest BCUT2D eigenvalue weighted by atomic mass is 16.1. The molecule has 0 spiro atoms. The number of Topliss-reactive ketones (excluding diaryl/α,β-unsaturated/α-hetero) is 1. The van der Waals surface area contributed by atoms with Gasteiger partial charge in [0.2, 0.25) is 0 Å². The smallest absolute Gasteiger partial charge is 0.164 e. The molecule has 2 nitrogen and oxygen atoms in total. The van der Waals surface area contributed by atoms with Gasteiger partial charge < -0.3 is 0 Å². The fraction of sp³-hybridized carbons (Fsp3) is 0.467. The summed E-state index contributed by atoms with van der Waals surface area (Å²) in [5, 5.41) is 9.02. The minimum Gasteiger partial charge on any atom is -0.294 e. The van der Waals surface area contributed by atoms with Gasteiger partial charge in [-0.15, -0.1) is 0 Å². The molecule has 90 valence electrons. The zero-order valence-electron chi connectivity index (χ0n) is 10.4. The van der Waals surface area contributed by atoms with Crippen LogP contribution in [0.5, 0.6) is 0 Å². The normalized spacial score (nSPS) is 11.8. The van der Waals surface area contributed by atoms with Crippen LogP contribution in [0.15, 0.2) is 30.3 Å². The van der Waals surface area contributed by atoms with Gasteiger partial charge >= 0.3 is 0 Å². The molecule has 0 N–H and O–H groups in total. The first-order valence-electron chi connectivity index (χ1n) is 6.25. The van der Waals surface area contributed by atoms with Crippen molar-refractivity contribution in [3.8, 4) is 6.07 Å². The number of benzene rings is 1. The molecule has 2 heteroatoms. The Labute approximate surface area is 103 Å². The lowest BCUT2D eigenvalue weighted by molar-refractivity contribution is 0.0968. The Kier molecular flexibility index (Phi) is 6.03. The number of carbonyl (C=O) groups excluding carboxylic acids is 1. The van der Waals surface area contributed by atoms with Crippen LogP contribution in [0.1, 0.15) is 49.4 Å². The van der Waals surface area contributed by atoms with Crippen molar-refractivity contribution in [2.75, 3.05) is 0 Å². The van der Waals surface area contributed by atoms with Crippen LogP contribution in [0.4, 0.5) is 0 Å². The van der Waals surface area contributed by atoms with E-state index in [0.29, 0.717) is 12.0 Å². The molecule has 0 saturated heterocycles. The summed E-state index contributed by atoms with van der Waals surface area (Å²) in [4.78, 5) is 11.9. The molecule has 0 bridgehead atoms. The van der Waals surface area contributed by atoms with E-state index in [1.165, 1.54) is 0 Å². The number of hydrogen-bond acceptors (Lipinski definition) is 2. The lowest BCUT2D eigenvalue weighted by Gasteiger charge is -2.07. The van der Waals surface area contributed by atoms with Crippen molar-refractivity contribution >= 4 is 5.78 Å². The van der Waals surface area contributed by atoms with E-state index in [1.54, 1.807) is 0 Å². The Morgan fingerprint density at radius 3 is 2.59 bits per heavy atom. The van der Waals surface area contributed by atoms with E-state index in [4.69, 9.17) is 5.26 Å². The topological polar surface area (TPSA) is 40.9 Å².